The van der Waals surface area contributed by atoms with Gasteiger partial charge in [-0.05, 0) is 18.2 Å². The smallest absolute Gasteiger partial charge is 0.399 e. The molecule has 0 aliphatic rings. The van der Waals surface area contributed by atoms with Gasteiger partial charge in [-0.25, -0.2) is 0 Å². The van der Waals surface area contributed by atoms with Gasteiger partial charge in [-0.1, -0.05) is 6.07 Å². The number of anilines is 1. The van der Waals surface area contributed by atoms with Crippen molar-refractivity contribution < 1.29 is 13.2 Å². The van der Waals surface area contributed by atoms with Crippen LogP contribution in [0.5, 0.6) is 0 Å². The largest absolute Gasteiger partial charge is 0.418 e. The van der Waals surface area contributed by atoms with Crippen LogP contribution in [0.4, 0.5) is 18.9 Å². The summed E-state index contributed by atoms with van der Waals surface area (Å²) in [4.78, 5) is 3.71. The lowest BCUT2D eigenvalue weighted by Gasteiger charge is -2.10. The van der Waals surface area contributed by atoms with Crippen molar-refractivity contribution in [2.45, 2.75) is 6.18 Å². The van der Waals surface area contributed by atoms with Crippen molar-refractivity contribution >= 4 is 16.6 Å². The topological polar surface area (TPSA) is 38.9 Å². The molecule has 2 N–H and O–H groups in total. The maximum atomic E-state index is 12.6. The van der Waals surface area contributed by atoms with Crippen LogP contribution in [0.1, 0.15) is 5.56 Å². The molecule has 0 fully saturated rings. The first kappa shape index (κ1) is 9.76. The molecule has 0 bridgehead atoms. The molecule has 5 heteroatoms. The monoisotopic (exact) mass is 212 g/mol. The van der Waals surface area contributed by atoms with Crippen LogP contribution in [0.15, 0.2) is 30.5 Å². The Balaban J connectivity index is 2.83. The first-order valence-corrected chi connectivity index (χ1v) is 4.20. The summed E-state index contributed by atoms with van der Waals surface area (Å²) in [5.74, 6) is 0. The number of rotatable bonds is 0. The molecule has 0 amide bonds. The minimum absolute atomic E-state index is 0.0702. The lowest BCUT2D eigenvalue weighted by Crippen LogP contribution is -2.07. The van der Waals surface area contributed by atoms with Crippen molar-refractivity contribution in [1.82, 2.24) is 4.98 Å². The standard InChI is InChI=1S/C10H7F3N2/c11-10(12,13)8-5-7(14)4-6-2-1-3-15-9(6)8/h1-5H,14H2. The molecule has 0 atom stereocenters. The van der Waals surface area contributed by atoms with Gasteiger partial charge in [0.2, 0.25) is 0 Å². The van der Waals surface area contributed by atoms with E-state index >= 15 is 0 Å². The van der Waals surface area contributed by atoms with Gasteiger partial charge < -0.3 is 5.73 Å². The zero-order valence-corrected chi connectivity index (χ0v) is 7.55. The summed E-state index contributed by atoms with van der Waals surface area (Å²) in [7, 11) is 0. The molecule has 0 spiro atoms. The zero-order valence-electron chi connectivity index (χ0n) is 7.55. The van der Waals surface area contributed by atoms with Gasteiger partial charge in [-0.2, -0.15) is 13.2 Å². The number of nitrogens with two attached hydrogens (primary N) is 1. The number of benzene rings is 1. The highest BCUT2D eigenvalue weighted by Gasteiger charge is 2.33. The van der Waals surface area contributed by atoms with Crippen LogP contribution in [0.2, 0.25) is 0 Å². The third-order valence-corrected chi connectivity index (χ3v) is 2.03. The molecular formula is C10H7F3N2. The molecule has 2 rings (SSSR count). The van der Waals surface area contributed by atoms with Gasteiger partial charge in [0.15, 0.2) is 0 Å². The van der Waals surface area contributed by atoms with E-state index in [2.05, 4.69) is 4.98 Å². The molecule has 0 saturated heterocycles. The van der Waals surface area contributed by atoms with Crippen molar-refractivity contribution in [3.8, 4) is 0 Å². The van der Waals surface area contributed by atoms with Crippen LogP contribution in [0, 0.1) is 0 Å². The van der Waals surface area contributed by atoms with E-state index in [0.717, 1.165) is 6.07 Å². The SMILES string of the molecule is Nc1cc(C(F)(F)F)c2ncccc2c1. The summed E-state index contributed by atoms with van der Waals surface area (Å²) in [6.07, 6.45) is -3.10. The zero-order chi connectivity index (χ0) is 11.1. The van der Waals surface area contributed by atoms with Crippen molar-refractivity contribution in [2.75, 3.05) is 5.73 Å². The van der Waals surface area contributed by atoms with Gasteiger partial charge >= 0.3 is 6.18 Å². The number of halogens is 3. The number of hydrogen-bond acceptors (Lipinski definition) is 2. The first-order valence-electron chi connectivity index (χ1n) is 4.20. The van der Waals surface area contributed by atoms with E-state index in [9.17, 15) is 13.2 Å². The summed E-state index contributed by atoms with van der Waals surface area (Å²) in [5.41, 5.74) is 4.62. The number of aromatic nitrogens is 1. The molecule has 78 valence electrons. The van der Waals surface area contributed by atoms with E-state index in [4.69, 9.17) is 5.73 Å². The molecular weight excluding hydrogens is 205 g/mol. The maximum absolute atomic E-state index is 12.6. The fourth-order valence-corrected chi connectivity index (χ4v) is 1.43. The lowest BCUT2D eigenvalue weighted by atomic mass is 10.1. The van der Waals surface area contributed by atoms with Gasteiger partial charge in [0, 0.05) is 17.3 Å². The maximum Gasteiger partial charge on any atom is 0.418 e. The normalized spacial score (nSPS) is 11.9. The molecule has 15 heavy (non-hydrogen) atoms. The Morgan fingerprint density at radius 2 is 1.93 bits per heavy atom. The predicted octanol–water partition coefficient (Wildman–Crippen LogP) is 2.84. The van der Waals surface area contributed by atoms with Crippen LogP contribution in [0.3, 0.4) is 0 Å². The average Bonchev–Trinajstić information content (AvgIpc) is 2.15. The van der Waals surface area contributed by atoms with Gasteiger partial charge in [-0.15, -0.1) is 0 Å². The van der Waals surface area contributed by atoms with Crippen LogP contribution in [-0.2, 0) is 6.18 Å². The Kier molecular flexibility index (Phi) is 2.03. The molecule has 0 aliphatic heterocycles. The quantitative estimate of drug-likeness (QED) is 0.682. The number of fused-ring (bicyclic) bond motifs is 1. The third-order valence-electron chi connectivity index (χ3n) is 2.03. The van der Waals surface area contributed by atoms with Crippen LogP contribution in [-0.4, -0.2) is 4.98 Å². The van der Waals surface area contributed by atoms with Gasteiger partial charge in [0.25, 0.3) is 0 Å². The van der Waals surface area contributed by atoms with E-state index < -0.39 is 11.7 Å². The molecule has 0 radical (unpaired) electrons. The van der Waals surface area contributed by atoms with Gasteiger partial charge in [-0.3, -0.25) is 4.98 Å². The number of nitrogen functional groups attached to an aromatic ring is 1. The van der Waals surface area contributed by atoms with Gasteiger partial charge in [0.1, 0.15) is 0 Å². The van der Waals surface area contributed by atoms with Crippen LogP contribution >= 0.6 is 0 Å². The second-order valence-electron chi connectivity index (χ2n) is 3.14. The van der Waals surface area contributed by atoms with Crippen molar-refractivity contribution in [3.05, 3.63) is 36.0 Å². The summed E-state index contributed by atoms with van der Waals surface area (Å²) >= 11 is 0. The molecule has 1 aromatic heterocycles. The van der Waals surface area contributed by atoms with Crippen molar-refractivity contribution in [3.63, 3.8) is 0 Å². The van der Waals surface area contributed by atoms with E-state index in [1.54, 1.807) is 12.1 Å². The molecule has 2 aromatic rings. The fraction of sp³-hybridized carbons (Fsp3) is 0.100. The lowest BCUT2D eigenvalue weighted by molar-refractivity contribution is -0.136. The molecule has 0 unspecified atom stereocenters. The molecule has 2 nitrogen and oxygen atoms in total. The Bertz CT molecular complexity index is 505. The molecule has 1 aromatic carbocycles. The summed E-state index contributed by atoms with van der Waals surface area (Å²) in [6, 6.07) is 5.49. The first-order chi connectivity index (χ1) is 6.98. The Labute approximate surface area is 83.5 Å². The second kappa shape index (κ2) is 3.12. The predicted molar refractivity (Wildman–Crippen MR) is 51.2 cm³/mol. The number of pyridine rings is 1. The highest BCUT2D eigenvalue weighted by molar-refractivity contribution is 5.85. The molecule has 0 saturated carbocycles. The average molecular weight is 212 g/mol. The van der Waals surface area contributed by atoms with Crippen LogP contribution < -0.4 is 5.73 Å². The van der Waals surface area contributed by atoms with Crippen molar-refractivity contribution in [1.29, 1.82) is 0 Å². The summed E-state index contributed by atoms with van der Waals surface area (Å²) in [5, 5.41) is 0.393. The van der Waals surface area contributed by atoms with Crippen LogP contribution in [0.25, 0.3) is 10.9 Å². The Morgan fingerprint density at radius 1 is 1.20 bits per heavy atom. The summed E-state index contributed by atoms with van der Waals surface area (Å²) < 4.78 is 37.8. The van der Waals surface area contributed by atoms with Gasteiger partial charge in [0.05, 0.1) is 11.1 Å². The highest BCUT2D eigenvalue weighted by Crippen LogP contribution is 2.35. The number of hydrogen-bond donors (Lipinski definition) is 1. The number of alkyl halides is 3. The highest BCUT2D eigenvalue weighted by atomic mass is 19.4. The number of nitrogens with zero attached hydrogens (tertiary/aromatic N) is 1. The fourth-order valence-electron chi connectivity index (χ4n) is 1.43. The van der Waals surface area contributed by atoms with E-state index in [1.807, 2.05) is 0 Å². The molecule has 1 heterocycles. The second-order valence-corrected chi connectivity index (χ2v) is 3.14. The van der Waals surface area contributed by atoms with E-state index in [0.29, 0.717) is 5.39 Å². The van der Waals surface area contributed by atoms with E-state index in [1.165, 1.54) is 12.3 Å². The minimum atomic E-state index is -4.43. The Hall–Kier alpha value is -1.78. The third kappa shape index (κ3) is 1.72. The van der Waals surface area contributed by atoms with E-state index in [-0.39, 0.29) is 11.2 Å². The minimum Gasteiger partial charge on any atom is -0.399 e. The summed E-state index contributed by atoms with van der Waals surface area (Å²) in [6.45, 7) is 0. The molecule has 0 aliphatic carbocycles. The van der Waals surface area contributed by atoms with Crippen molar-refractivity contribution in [2.24, 2.45) is 0 Å². The Morgan fingerprint density at radius 3 is 2.60 bits per heavy atom.